The Labute approximate surface area is 123 Å². The normalized spacial score (nSPS) is 19.0. The average Bonchev–Trinajstić information content (AvgIpc) is 3.01. The Kier molecular flexibility index (Phi) is 5.16. The molecule has 0 aliphatic carbocycles. The van der Waals surface area contributed by atoms with Crippen molar-refractivity contribution in [3.05, 3.63) is 29.8 Å². The second-order valence-electron chi connectivity index (χ2n) is 5.08. The number of benzene rings is 1. The number of carbonyl (C=O) groups excluding carboxylic acids is 2. The maximum Gasteiger partial charge on any atom is 0.240 e. The maximum absolute atomic E-state index is 12.0. The van der Waals surface area contributed by atoms with Crippen LogP contribution >= 0.6 is 0 Å². The summed E-state index contributed by atoms with van der Waals surface area (Å²) in [5.41, 5.74) is 6.28. The molecule has 0 aromatic heterocycles. The molecule has 6 heteroatoms. The lowest BCUT2D eigenvalue weighted by Crippen LogP contribution is -2.48. The van der Waals surface area contributed by atoms with E-state index in [1.54, 1.807) is 19.2 Å². The Morgan fingerprint density at radius 2 is 2.14 bits per heavy atom. The van der Waals surface area contributed by atoms with Gasteiger partial charge in [0.15, 0.2) is 0 Å². The molecule has 114 valence electrons. The quantitative estimate of drug-likeness (QED) is 0.786. The Bertz CT molecular complexity index is 495. The molecule has 1 aromatic carbocycles. The smallest absolute Gasteiger partial charge is 0.240 e. The highest BCUT2D eigenvalue weighted by Crippen LogP contribution is 2.15. The fourth-order valence-corrected chi connectivity index (χ4v) is 2.25. The third kappa shape index (κ3) is 4.19. The monoisotopic (exact) mass is 292 g/mol. The van der Waals surface area contributed by atoms with Crippen molar-refractivity contribution in [1.82, 2.24) is 5.32 Å². The van der Waals surface area contributed by atoms with Crippen LogP contribution in [0.5, 0.6) is 5.75 Å². The predicted molar refractivity (Wildman–Crippen MR) is 76.7 cm³/mol. The molecule has 6 nitrogen and oxygen atoms in total. The Morgan fingerprint density at radius 3 is 2.67 bits per heavy atom. The zero-order chi connectivity index (χ0) is 15.2. The first kappa shape index (κ1) is 15.3. The Morgan fingerprint density at radius 1 is 1.43 bits per heavy atom. The van der Waals surface area contributed by atoms with E-state index in [1.807, 2.05) is 12.1 Å². The number of methoxy groups -OCH3 is 1. The number of hydrogen-bond donors (Lipinski definition) is 2. The lowest BCUT2D eigenvalue weighted by atomic mass is 10.0. The molecule has 21 heavy (non-hydrogen) atoms. The van der Waals surface area contributed by atoms with Gasteiger partial charge in [0, 0.05) is 13.0 Å². The van der Waals surface area contributed by atoms with Gasteiger partial charge >= 0.3 is 0 Å². The summed E-state index contributed by atoms with van der Waals surface area (Å²) in [6.07, 6.45) is 1.04. The highest BCUT2D eigenvalue weighted by atomic mass is 16.5. The molecule has 1 heterocycles. The van der Waals surface area contributed by atoms with Crippen LogP contribution in [-0.4, -0.2) is 38.2 Å². The van der Waals surface area contributed by atoms with Crippen LogP contribution in [0.3, 0.4) is 0 Å². The molecule has 3 N–H and O–H groups in total. The van der Waals surface area contributed by atoms with E-state index in [0.29, 0.717) is 26.1 Å². The van der Waals surface area contributed by atoms with Crippen LogP contribution in [0.15, 0.2) is 24.3 Å². The first-order chi connectivity index (χ1) is 10.1. The third-order valence-electron chi connectivity index (χ3n) is 3.56. The van der Waals surface area contributed by atoms with Gasteiger partial charge in [-0.25, -0.2) is 0 Å². The molecule has 0 spiro atoms. The van der Waals surface area contributed by atoms with Crippen molar-refractivity contribution in [3.8, 4) is 5.75 Å². The van der Waals surface area contributed by atoms with Crippen LogP contribution in [0.25, 0.3) is 0 Å². The van der Waals surface area contributed by atoms with Gasteiger partial charge in [0.25, 0.3) is 0 Å². The van der Waals surface area contributed by atoms with Gasteiger partial charge in [-0.3, -0.25) is 9.59 Å². The summed E-state index contributed by atoms with van der Waals surface area (Å²) in [5.74, 6) is -0.174. The molecule has 1 aromatic rings. The fraction of sp³-hybridized carbons (Fsp3) is 0.467. The number of rotatable bonds is 6. The number of hydrogen-bond acceptors (Lipinski definition) is 4. The number of carbonyl (C=O) groups is 2. The van der Waals surface area contributed by atoms with Crippen LogP contribution in [0.1, 0.15) is 12.0 Å². The van der Waals surface area contributed by atoms with Gasteiger partial charge in [-0.2, -0.15) is 0 Å². The van der Waals surface area contributed by atoms with Crippen molar-refractivity contribution in [2.75, 3.05) is 20.3 Å². The van der Waals surface area contributed by atoms with Crippen molar-refractivity contribution >= 4 is 11.8 Å². The van der Waals surface area contributed by atoms with Crippen LogP contribution in [0.2, 0.25) is 0 Å². The SMILES string of the molecule is COc1ccc(C[C@@H](NC(=O)[C@H]2CCOC2)C(N)=O)cc1. The van der Waals surface area contributed by atoms with E-state index >= 15 is 0 Å². The van der Waals surface area contributed by atoms with Crippen molar-refractivity contribution in [2.24, 2.45) is 11.7 Å². The van der Waals surface area contributed by atoms with Crippen LogP contribution < -0.4 is 15.8 Å². The largest absolute Gasteiger partial charge is 0.497 e. The molecule has 0 unspecified atom stereocenters. The molecule has 2 rings (SSSR count). The van der Waals surface area contributed by atoms with Crippen molar-refractivity contribution < 1.29 is 19.1 Å². The lowest BCUT2D eigenvalue weighted by molar-refractivity contribution is -0.129. The highest BCUT2D eigenvalue weighted by Gasteiger charge is 2.27. The summed E-state index contributed by atoms with van der Waals surface area (Å²) in [6.45, 7) is 0.984. The minimum Gasteiger partial charge on any atom is -0.497 e. The van der Waals surface area contributed by atoms with Crippen molar-refractivity contribution in [2.45, 2.75) is 18.9 Å². The van der Waals surface area contributed by atoms with Crippen LogP contribution in [0, 0.1) is 5.92 Å². The van der Waals surface area contributed by atoms with Crippen molar-refractivity contribution in [1.29, 1.82) is 0 Å². The third-order valence-corrected chi connectivity index (χ3v) is 3.56. The second-order valence-corrected chi connectivity index (χ2v) is 5.08. The summed E-state index contributed by atoms with van der Waals surface area (Å²) >= 11 is 0. The zero-order valence-electron chi connectivity index (χ0n) is 12.0. The topological polar surface area (TPSA) is 90.7 Å². The number of nitrogens with one attached hydrogen (secondary N) is 1. The molecule has 1 saturated heterocycles. The van der Waals surface area contributed by atoms with E-state index in [0.717, 1.165) is 11.3 Å². The standard InChI is InChI=1S/C15H20N2O4/c1-20-12-4-2-10(3-5-12)8-13(14(16)18)17-15(19)11-6-7-21-9-11/h2-5,11,13H,6-9H2,1H3,(H2,16,18)(H,17,19)/t11-,13+/m0/s1. The second kappa shape index (κ2) is 7.08. The van der Waals surface area contributed by atoms with Crippen LogP contribution in [-0.2, 0) is 20.7 Å². The van der Waals surface area contributed by atoms with Gasteiger partial charge < -0.3 is 20.5 Å². The van der Waals surface area contributed by atoms with E-state index < -0.39 is 11.9 Å². The van der Waals surface area contributed by atoms with E-state index in [-0.39, 0.29) is 11.8 Å². The van der Waals surface area contributed by atoms with E-state index in [2.05, 4.69) is 5.32 Å². The van der Waals surface area contributed by atoms with E-state index in [4.69, 9.17) is 15.2 Å². The summed E-state index contributed by atoms with van der Waals surface area (Å²) in [4.78, 5) is 23.6. The summed E-state index contributed by atoms with van der Waals surface area (Å²) in [5, 5.41) is 2.71. The Hall–Kier alpha value is -2.08. The summed E-state index contributed by atoms with van der Waals surface area (Å²) in [7, 11) is 1.59. The zero-order valence-corrected chi connectivity index (χ0v) is 12.0. The number of ether oxygens (including phenoxy) is 2. The minimum absolute atomic E-state index is 0.176. The molecule has 1 aliphatic heterocycles. The highest BCUT2D eigenvalue weighted by molar-refractivity contribution is 5.87. The van der Waals surface area contributed by atoms with Gasteiger partial charge in [0.05, 0.1) is 19.6 Å². The molecule has 0 saturated carbocycles. The molecule has 0 radical (unpaired) electrons. The maximum atomic E-state index is 12.0. The van der Waals surface area contributed by atoms with Gasteiger partial charge in [-0.05, 0) is 24.1 Å². The van der Waals surface area contributed by atoms with Gasteiger partial charge in [-0.15, -0.1) is 0 Å². The fourth-order valence-electron chi connectivity index (χ4n) is 2.25. The first-order valence-corrected chi connectivity index (χ1v) is 6.90. The van der Waals surface area contributed by atoms with Gasteiger partial charge in [-0.1, -0.05) is 12.1 Å². The van der Waals surface area contributed by atoms with E-state index in [1.165, 1.54) is 0 Å². The van der Waals surface area contributed by atoms with Crippen LogP contribution in [0.4, 0.5) is 0 Å². The number of amides is 2. The molecule has 1 aliphatic rings. The summed E-state index contributed by atoms with van der Waals surface area (Å²) < 4.78 is 10.3. The number of nitrogens with two attached hydrogens (primary N) is 1. The first-order valence-electron chi connectivity index (χ1n) is 6.90. The molecule has 2 atom stereocenters. The van der Waals surface area contributed by atoms with Crippen molar-refractivity contribution in [3.63, 3.8) is 0 Å². The number of primary amides is 1. The molecule has 0 bridgehead atoms. The molecule has 1 fully saturated rings. The van der Waals surface area contributed by atoms with E-state index in [9.17, 15) is 9.59 Å². The Balaban J connectivity index is 1.97. The summed E-state index contributed by atoms with van der Waals surface area (Å²) in [6, 6.07) is 6.59. The molecular weight excluding hydrogens is 272 g/mol. The lowest BCUT2D eigenvalue weighted by Gasteiger charge is -2.18. The predicted octanol–water partition coefficient (Wildman–Crippen LogP) is 0.244. The molecular formula is C15H20N2O4. The van der Waals surface area contributed by atoms with Gasteiger partial charge in [0.2, 0.25) is 11.8 Å². The minimum atomic E-state index is -0.716. The van der Waals surface area contributed by atoms with Gasteiger partial charge in [0.1, 0.15) is 11.8 Å². The average molecular weight is 292 g/mol. The molecule has 2 amide bonds.